The molecule has 5 aromatic carbocycles. The Labute approximate surface area is 736 Å². The van der Waals surface area contributed by atoms with Gasteiger partial charge >= 0.3 is 0 Å². The fourth-order valence-electron chi connectivity index (χ4n) is 12.1. The molecule has 11 N–H and O–H groups in total. The molecule has 0 aliphatic carbocycles. The van der Waals surface area contributed by atoms with E-state index in [1.165, 1.54) is 82.1 Å². The molecular formula is C87H86Cl3N25OS5. The van der Waals surface area contributed by atoms with Gasteiger partial charge in [0.2, 0.25) is 0 Å². The van der Waals surface area contributed by atoms with Crippen molar-refractivity contribution in [3.63, 3.8) is 0 Å². The summed E-state index contributed by atoms with van der Waals surface area (Å²) in [5.74, 6) is 14.4. The van der Waals surface area contributed by atoms with E-state index >= 15 is 0 Å². The van der Waals surface area contributed by atoms with Gasteiger partial charge in [-0.3, -0.25) is 10.8 Å². The first-order chi connectivity index (χ1) is 58.5. The molecule has 10 heterocycles. The molecule has 15 rings (SSSR count). The number of aliphatic hydroxyl groups is 1. The van der Waals surface area contributed by atoms with Crippen molar-refractivity contribution in [2.45, 2.75) is 195 Å². The van der Waals surface area contributed by atoms with Crippen LogP contribution in [-0.2, 0) is 39.3 Å². The van der Waals surface area contributed by atoms with E-state index in [2.05, 4.69) is 141 Å². The Bertz CT molecular complexity index is 6270. The average Bonchev–Trinajstić information content (AvgIpc) is 1.66. The lowest BCUT2D eigenvalue weighted by molar-refractivity contribution is 0.279. The van der Waals surface area contributed by atoms with Gasteiger partial charge in [-0.1, -0.05) is 147 Å². The predicted octanol–water partition coefficient (Wildman–Crippen LogP) is 17.8. The summed E-state index contributed by atoms with van der Waals surface area (Å²) in [6, 6.07) is 30.1. The molecule has 0 saturated heterocycles. The molecule has 0 radical (unpaired) electrons. The zero-order valence-corrected chi connectivity index (χ0v) is 73.5. The van der Waals surface area contributed by atoms with Crippen LogP contribution in [0.25, 0.3) is 55.8 Å². The summed E-state index contributed by atoms with van der Waals surface area (Å²) in [7, 11) is 0. The Hall–Kier alpha value is -11.8. The number of anilines is 3. The van der Waals surface area contributed by atoms with E-state index in [-0.39, 0.29) is 17.6 Å². The molecule has 0 bridgehead atoms. The number of terminal acetylenes is 5. The van der Waals surface area contributed by atoms with Crippen molar-refractivity contribution in [3.05, 3.63) is 188 Å². The van der Waals surface area contributed by atoms with E-state index in [0.29, 0.717) is 151 Å². The maximum absolute atomic E-state index is 9.64. The van der Waals surface area contributed by atoms with Crippen molar-refractivity contribution < 1.29 is 5.11 Å². The molecule has 0 saturated carbocycles. The fraction of sp³-hybridized carbons (Fsp3) is 0.253. The number of hydrogen-bond acceptors (Lipinski definition) is 24. The van der Waals surface area contributed by atoms with Gasteiger partial charge in [0.25, 0.3) is 0 Å². The first-order valence-electron chi connectivity index (χ1n) is 38.0. The number of aliphatic hydroxyl groups excluding tert-OH is 1. The van der Waals surface area contributed by atoms with Crippen LogP contribution in [0.1, 0.15) is 103 Å². The summed E-state index contributed by atoms with van der Waals surface area (Å²) in [6.45, 7) is 15.8. The summed E-state index contributed by atoms with van der Waals surface area (Å²) >= 11 is 26.4. The first kappa shape index (κ1) is 90.0. The SMILES string of the molecule is C#CCCCn1c(Sc2ccc(C)cc2C)nc2c(N)ncnc21.C#CCCCn1c(Sc2ccc(C)cc2CO)nc2c(N)ncnc21.C#CCCCn1c(Sc2ccc(C)cc2Cl)nc2c(N)ncnc21.C#CCCCn1cnc(=N)c2[nH]c(Sc3ccc(C)cc3Cl)nc21.C#CCCCn1cnc(=N)c2[nH]c(Sc3ccc(C)cc3Cl)nc21. The third kappa shape index (κ3) is 23.4. The molecule has 15 aromatic rings. The smallest absolute Gasteiger partial charge is 0.175 e. The van der Waals surface area contributed by atoms with E-state index in [9.17, 15) is 5.11 Å². The van der Waals surface area contributed by atoms with Crippen molar-refractivity contribution in [2.24, 2.45) is 0 Å². The quantitative estimate of drug-likeness (QED) is 0.0184. The van der Waals surface area contributed by atoms with Gasteiger partial charge in [-0.2, -0.15) is 0 Å². The number of nitrogens with two attached hydrogens (primary N) is 3. The highest BCUT2D eigenvalue weighted by molar-refractivity contribution is 8.00. The number of fused-ring (bicyclic) bond motifs is 5. The standard InChI is InChI=1S/C18H19N5OS.C18H19N5S.3C17H16ClN5S/c1-3-4-5-8-23-17-15(16(19)20-11-21-17)22-18(23)25-14-7-6-12(2)9-13(14)10-24;1-4-5-6-9-23-17-15(16(19)20-11-21-17)22-18(23)24-14-8-7-12(2)10-13(14)3;2*1-3-4-5-8-23-10-20-15(19)14-16(23)22-17(21-14)24-13-7-6-11(2)9-12(13)18;1-3-4-5-8-23-16-14(15(19)20-10-21-16)22-17(23)24-13-7-6-11(2)9-12(13)18/h1,6-7,9,11,24H,4-5,8,10H2,2H3,(H2,19,20,21);1,7-8,10-11H,5-6,9H2,2-3H3,(H2,19,20,21);2*1,6-7,9-10,19H,4-5,8H2,2H3,(H,21,22);1,6-7,9-10H,4-5,8H2,2H3,(H2,19,20,21). The maximum atomic E-state index is 9.64. The van der Waals surface area contributed by atoms with Crippen LogP contribution in [0.5, 0.6) is 0 Å². The third-order valence-electron chi connectivity index (χ3n) is 18.1. The number of aryl methyl sites for hydroxylation is 11. The van der Waals surface area contributed by atoms with Crippen LogP contribution >= 0.6 is 93.6 Å². The maximum Gasteiger partial charge on any atom is 0.175 e. The minimum absolute atomic E-state index is 0.0245. The molecule has 0 spiro atoms. The highest BCUT2D eigenvalue weighted by Gasteiger charge is 2.22. The number of benzene rings is 5. The van der Waals surface area contributed by atoms with Crippen LogP contribution in [0.15, 0.2) is 173 Å². The molecule has 26 nitrogen and oxygen atoms in total. The Balaban J connectivity index is 0.000000148. The van der Waals surface area contributed by atoms with Crippen molar-refractivity contribution >= 4 is 167 Å². The lowest BCUT2D eigenvalue weighted by atomic mass is 10.1. The Kier molecular flexibility index (Phi) is 32.3. The number of nitrogens with zero attached hydrogens (tertiary/aromatic N) is 18. The first-order valence-corrected chi connectivity index (χ1v) is 43.2. The van der Waals surface area contributed by atoms with Crippen LogP contribution in [0.3, 0.4) is 0 Å². The summed E-state index contributed by atoms with van der Waals surface area (Å²) in [5.41, 5.74) is 32.6. The monoisotopic (exact) mass is 1760 g/mol. The van der Waals surface area contributed by atoms with Crippen LogP contribution in [0.2, 0.25) is 15.1 Å². The van der Waals surface area contributed by atoms with E-state index in [1.807, 2.05) is 119 Å². The normalized spacial score (nSPS) is 10.9. The number of rotatable bonds is 26. The summed E-state index contributed by atoms with van der Waals surface area (Å²) in [6.07, 6.45) is 42.0. The summed E-state index contributed by atoms with van der Waals surface area (Å²) in [5, 5.41) is 31.4. The van der Waals surface area contributed by atoms with Gasteiger partial charge in [-0.25, -0.2) is 64.8 Å². The Morgan fingerprint density at radius 1 is 0.388 bits per heavy atom. The molecule has 34 heteroatoms. The fourth-order valence-corrected chi connectivity index (χ4v) is 17.7. The highest BCUT2D eigenvalue weighted by atomic mass is 35.5. The second-order valence-electron chi connectivity index (χ2n) is 27.4. The Morgan fingerprint density at radius 2 is 0.702 bits per heavy atom. The van der Waals surface area contributed by atoms with Gasteiger partial charge in [0.05, 0.1) is 34.3 Å². The van der Waals surface area contributed by atoms with Gasteiger partial charge in [0.1, 0.15) is 30.0 Å². The molecule has 0 aliphatic rings. The number of nitrogen functional groups attached to an aromatic ring is 3. The summed E-state index contributed by atoms with van der Waals surface area (Å²) in [4.78, 5) is 67.7. The number of halogens is 3. The van der Waals surface area contributed by atoms with Gasteiger partial charge in [-0.15, -0.1) is 61.7 Å². The van der Waals surface area contributed by atoms with Gasteiger partial charge in [0, 0.05) is 89.3 Å². The van der Waals surface area contributed by atoms with E-state index in [1.54, 1.807) is 24.4 Å². The lowest BCUT2D eigenvalue weighted by Gasteiger charge is -2.10. The molecule has 0 unspecified atom stereocenters. The number of unbranched alkanes of at least 4 members (excludes halogenated alkanes) is 5. The van der Waals surface area contributed by atoms with E-state index in [4.69, 9.17) is 94.9 Å². The van der Waals surface area contributed by atoms with Crippen LogP contribution < -0.4 is 28.2 Å². The molecule has 121 heavy (non-hydrogen) atoms. The average molecular weight is 1760 g/mol. The lowest BCUT2D eigenvalue weighted by Crippen LogP contribution is -2.12. The predicted molar refractivity (Wildman–Crippen MR) is 487 cm³/mol. The van der Waals surface area contributed by atoms with Gasteiger partial charge < -0.3 is 55.1 Å². The second-order valence-corrected chi connectivity index (χ2v) is 33.7. The molecule has 0 atom stereocenters. The highest BCUT2D eigenvalue weighted by Crippen LogP contribution is 2.40. The van der Waals surface area contributed by atoms with E-state index in [0.717, 1.165) is 107 Å². The van der Waals surface area contributed by atoms with E-state index < -0.39 is 0 Å². The minimum atomic E-state index is -0.0245. The van der Waals surface area contributed by atoms with Crippen molar-refractivity contribution in [1.29, 1.82) is 10.8 Å². The number of aromatic nitrogens is 20. The minimum Gasteiger partial charge on any atom is -0.392 e. The molecule has 0 amide bonds. The molecular weight excluding hydrogens is 1680 g/mol. The van der Waals surface area contributed by atoms with Crippen molar-refractivity contribution in [2.75, 3.05) is 17.2 Å². The Morgan fingerprint density at radius 3 is 1.05 bits per heavy atom. The van der Waals surface area contributed by atoms with Crippen molar-refractivity contribution in [1.82, 2.24) is 97.6 Å². The number of nitrogens with one attached hydrogen (secondary N) is 4. The van der Waals surface area contributed by atoms with Crippen LogP contribution in [0, 0.1) is 114 Å². The number of imidazole rings is 5. The van der Waals surface area contributed by atoms with Crippen LogP contribution in [0.4, 0.5) is 17.5 Å². The van der Waals surface area contributed by atoms with Gasteiger partial charge in [0.15, 0.2) is 99.0 Å². The van der Waals surface area contributed by atoms with Crippen LogP contribution in [-0.4, -0.2) is 103 Å². The number of H-pyrrole nitrogens is 2. The molecule has 0 fully saturated rings. The molecule has 0 aliphatic heterocycles. The third-order valence-corrected chi connectivity index (χ3v) is 24.7. The zero-order chi connectivity index (χ0) is 86.2. The molecule has 616 valence electrons. The molecule has 10 aromatic heterocycles. The summed E-state index contributed by atoms with van der Waals surface area (Å²) < 4.78 is 9.95. The zero-order valence-electron chi connectivity index (χ0n) is 67.2. The number of aromatic amines is 2. The second kappa shape index (κ2) is 43.5. The van der Waals surface area contributed by atoms with Crippen molar-refractivity contribution in [3.8, 4) is 61.7 Å². The largest absolute Gasteiger partial charge is 0.392 e. The topological polar surface area (TPSA) is 370 Å². The number of hydrogen-bond donors (Lipinski definition) is 8. The van der Waals surface area contributed by atoms with Gasteiger partial charge in [-0.05, 0) is 150 Å².